The number of rotatable bonds is 3. The lowest BCUT2D eigenvalue weighted by atomic mass is 10.1. The molecule has 1 fully saturated rings. The number of nitrogens with one attached hydrogen (secondary N) is 2. The molecular formula is C10H12N6O4. The SMILES string of the molecule is NNC1C(=O)[C@H](n2cnc3c(=O)[nH]cnc32)O[C@@H]1CO. The molecule has 0 aromatic carbocycles. The van der Waals surface area contributed by atoms with Gasteiger partial charge in [-0.2, -0.15) is 0 Å². The fourth-order valence-corrected chi connectivity index (χ4v) is 2.22. The third kappa shape index (κ3) is 1.74. The summed E-state index contributed by atoms with van der Waals surface area (Å²) in [6, 6.07) is -0.829. The molecule has 0 bridgehead atoms. The predicted octanol–water partition coefficient (Wildman–Crippen LogP) is -2.59. The molecule has 0 amide bonds. The summed E-state index contributed by atoms with van der Waals surface area (Å²) in [5, 5.41) is 9.19. The smallest absolute Gasteiger partial charge is 0.278 e. The zero-order chi connectivity index (χ0) is 14.3. The lowest BCUT2D eigenvalue weighted by Gasteiger charge is -2.12. The maximum atomic E-state index is 12.2. The largest absolute Gasteiger partial charge is 0.394 e. The van der Waals surface area contributed by atoms with Gasteiger partial charge in [0.15, 0.2) is 17.4 Å². The van der Waals surface area contributed by atoms with Gasteiger partial charge in [0.1, 0.15) is 12.1 Å². The molecule has 1 aliphatic rings. The number of nitrogens with zero attached hydrogens (tertiary/aromatic N) is 3. The molecule has 0 saturated carbocycles. The van der Waals surface area contributed by atoms with E-state index in [0.717, 1.165) is 0 Å². The topological polar surface area (TPSA) is 148 Å². The predicted molar refractivity (Wildman–Crippen MR) is 65.3 cm³/mol. The average Bonchev–Trinajstić information content (AvgIpc) is 3.00. The number of carbonyl (C=O) groups is 1. The van der Waals surface area contributed by atoms with Crippen LogP contribution in [0.2, 0.25) is 0 Å². The number of hydrazine groups is 1. The van der Waals surface area contributed by atoms with E-state index in [-0.39, 0.29) is 23.6 Å². The molecule has 10 nitrogen and oxygen atoms in total. The average molecular weight is 280 g/mol. The van der Waals surface area contributed by atoms with Gasteiger partial charge < -0.3 is 14.8 Å². The molecule has 2 aromatic rings. The minimum absolute atomic E-state index is 0.105. The molecule has 5 N–H and O–H groups in total. The van der Waals surface area contributed by atoms with E-state index in [4.69, 9.17) is 10.6 Å². The Morgan fingerprint density at radius 1 is 1.50 bits per heavy atom. The number of aromatic nitrogens is 4. The highest BCUT2D eigenvalue weighted by Crippen LogP contribution is 2.26. The zero-order valence-corrected chi connectivity index (χ0v) is 10.2. The Balaban J connectivity index is 2.06. The number of aliphatic hydroxyl groups excluding tert-OH is 1. The molecule has 20 heavy (non-hydrogen) atoms. The van der Waals surface area contributed by atoms with E-state index in [9.17, 15) is 14.7 Å². The summed E-state index contributed by atoms with van der Waals surface area (Å²) < 4.78 is 6.79. The molecule has 10 heteroatoms. The highest BCUT2D eigenvalue weighted by molar-refractivity contribution is 5.90. The van der Waals surface area contributed by atoms with Gasteiger partial charge in [-0.3, -0.25) is 20.0 Å². The van der Waals surface area contributed by atoms with Crippen molar-refractivity contribution in [2.24, 2.45) is 5.84 Å². The van der Waals surface area contributed by atoms with Crippen LogP contribution in [0.5, 0.6) is 0 Å². The van der Waals surface area contributed by atoms with Crippen molar-refractivity contribution >= 4 is 16.9 Å². The second-order valence-corrected chi connectivity index (χ2v) is 4.31. The van der Waals surface area contributed by atoms with Crippen LogP contribution >= 0.6 is 0 Å². The first-order valence-corrected chi connectivity index (χ1v) is 5.83. The minimum Gasteiger partial charge on any atom is -0.394 e. The quantitative estimate of drug-likeness (QED) is 0.353. The molecule has 1 unspecified atom stereocenters. The van der Waals surface area contributed by atoms with Gasteiger partial charge in [0, 0.05) is 0 Å². The third-order valence-corrected chi connectivity index (χ3v) is 3.20. The third-order valence-electron chi connectivity index (χ3n) is 3.20. The Bertz CT molecular complexity index is 709. The maximum absolute atomic E-state index is 12.2. The van der Waals surface area contributed by atoms with Gasteiger partial charge in [-0.1, -0.05) is 0 Å². The Morgan fingerprint density at radius 3 is 2.95 bits per heavy atom. The Kier molecular flexibility index (Phi) is 3.06. The molecule has 1 saturated heterocycles. The lowest BCUT2D eigenvalue weighted by molar-refractivity contribution is -0.127. The summed E-state index contributed by atoms with van der Waals surface area (Å²) in [6.07, 6.45) is 0.706. The Labute approximate surface area is 111 Å². The van der Waals surface area contributed by atoms with Gasteiger partial charge in [-0.15, -0.1) is 0 Å². The fraction of sp³-hybridized carbons (Fsp3) is 0.400. The molecule has 3 heterocycles. The van der Waals surface area contributed by atoms with E-state index >= 15 is 0 Å². The van der Waals surface area contributed by atoms with E-state index in [0.29, 0.717) is 0 Å². The van der Waals surface area contributed by atoms with Crippen molar-refractivity contribution in [1.82, 2.24) is 24.9 Å². The summed E-state index contributed by atoms with van der Waals surface area (Å²) >= 11 is 0. The van der Waals surface area contributed by atoms with Crippen molar-refractivity contribution in [3.63, 3.8) is 0 Å². The molecule has 0 radical (unpaired) electrons. The van der Waals surface area contributed by atoms with Gasteiger partial charge in [-0.05, 0) is 0 Å². The van der Waals surface area contributed by atoms with E-state index in [1.54, 1.807) is 0 Å². The van der Waals surface area contributed by atoms with Crippen LogP contribution in [0.15, 0.2) is 17.4 Å². The number of fused-ring (bicyclic) bond motifs is 1. The van der Waals surface area contributed by atoms with Crippen molar-refractivity contribution in [3.8, 4) is 0 Å². The number of hydrogen-bond donors (Lipinski definition) is 4. The van der Waals surface area contributed by atoms with Crippen LogP contribution in [0.1, 0.15) is 6.23 Å². The number of carbonyl (C=O) groups excluding carboxylic acids is 1. The summed E-state index contributed by atoms with van der Waals surface area (Å²) in [4.78, 5) is 34.0. The van der Waals surface area contributed by atoms with Gasteiger partial charge in [0.05, 0.1) is 19.3 Å². The Morgan fingerprint density at radius 2 is 2.30 bits per heavy atom. The normalized spacial score (nSPS) is 26.5. The summed E-state index contributed by atoms with van der Waals surface area (Å²) in [5.41, 5.74) is 2.23. The van der Waals surface area contributed by atoms with E-state index in [2.05, 4.69) is 20.4 Å². The zero-order valence-electron chi connectivity index (χ0n) is 10.2. The van der Waals surface area contributed by atoms with Gasteiger partial charge >= 0.3 is 0 Å². The number of nitrogens with two attached hydrogens (primary N) is 1. The maximum Gasteiger partial charge on any atom is 0.278 e. The fourth-order valence-electron chi connectivity index (χ4n) is 2.22. The summed E-state index contributed by atoms with van der Waals surface area (Å²) in [6.45, 7) is -0.363. The highest BCUT2D eigenvalue weighted by Gasteiger charge is 2.44. The van der Waals surface area contributed by atoms with Crippen molar-refractivity contribution < 1.29 is 14.6 Å². The number of imidazole rings is 1. The summed E-state index contributed by atoms with van der Waals surface area (Å²) in [5.74, 6) is 4.92. The number of H-pyrrole nitrogens is 1. The monoisotopic (exact) mass is 280 g/mol. The Hall–Kier alpha value is -2.14. The van der Waals surface area contributed by atoms with Crippen molar-refractivity contribution in [2.45, 2.75) is 18.4 Å². The first-order chi connectivity index (χ1) is 9.67. The first-order valence-electron chi connectivity index (χ1n) is 5.83. The molecule has 3 rings (SSSR count). The number of Topliss-reactive ketones (excluding diaryl/α,β-unsaturated/α-hetero) is 1. The molecule has 0 spiro atoms. The molecule has 0 aliphatic carbocycles. The van der Waals surface area contributed by atoms with Crippen LogP contribution in [-0.2, 0) is 9.53 Å². The van der Waals surface area contributed by atoms with Gasteiger partial charge in [0.25, 0.3) is 5.56 Å². The van der Waals surface area contributed by atoms with Crippen LogP contribution < -0.4 is 16.8 Å². The molecule has 1 aliphatic heterocycles. The van der Waals surface area contributed by atoms with Crippen LogP contribution in [-0.4, -0.2) is 49.2 Å². The van der Waals surface area contributed by atoms with Crippen LogP contribution in [0, 0.1) is 0 Å². The minimum atomic E-state index is -1.03. The van der Waals surface area contributed by atoms with E-state index < -0.39 is 23.9 Å². The molecule has 3 atom stereocenters. The van der Waals surface area contributed by atoms with Crippen molar-refractivity contribution in [3.05, 3.63) is 23.0 Å². The first kappa shape index (κ1) is 12.9. The van der Waals surface area contributed by atoms with Crippen LogP contribution in [0.25, 0.3) is 11.2 Å². The number of ether oxygens (including phenoxy) is 1. The summed E-state index contributed by atoms with van der Waals surface area (Å²) in [7, 11) is 0. The van der Waals surface area contributed by atoms with E-state index in [1.165, 1.54) is 17.2 Å². The van der Waals surface area contributed by atoms with Gasteiger partial charge in [-0.25, -0.2) is 15.4 Å². The highest BCUT2D eigenvalue weighted by atomic mass is 16.5. The lowest BCUT2D eigenvalue weighted by Crippen LogP contribution is -2.46. The van der Waals surface area contributed by atoms with Crippen LogP contribution in [0.4, 0.5) is 0 Å². The molecule has 106 valence electrons. The van der Waals surface area contributed by atoms with Crippen molar-refractivity contribution in [1.29, 1.82) is 0 Å². The van der Waals surface area contributed by atoms with Gasteiger partial charge in [0.2, 0.25) is 5.78 Å². The molecular weight excluding hydrogens is 268 g/mol. The standard InChI is InChI=1S/C10H12N6O4/c11-15-5-4(1-17)20-10(7(5)18)16-3-14-6-8(16)12-2-13-9(6)19/h2-5,10,15,17H,1,11H2,(H,12,13,19)/t4-,5?,10-/m1/s1. The molecule has 2 aromatic heterocycles. The number of hydrogen-bond acceptors (Lipinski definition) is 8. The second-order valence-electron chi connectivity index (χ2n) is 4.31. The number of ketones is 1. The number of aliphatic hydroxyl groups is 1. The van der Waals surface area contributed by atoms with Crippen LogP contribution in [0.3, 0.4) is 0 Å². The van der Waals surface area contributed by atoms with E-state index in [1.807, 2.05) is 0 Å². The number of aromatic amines is 1. The van der Waals surface area contributed by atoms with Crippen molar-refractivity contribution in [2.75, 3.05) is 6.61 Å². The second kappa shape index (κ2) is 4.76.